The molecule has 2 aliphatic carbocycles. The molecular formula is C21H28O7. The van der Waals surface area contributed by atoms with Crippen molar-refractivity contribution in [3.63, 3.8) is 0 Å². The maximum atomic E-state index is 12.7. The largest absolute Gasteiger partial charge is 0.504 e. The van der Waals surface area contributed by atoms with Gasteiger partial charge >= 0.3 is 5.97 Å². The van der Waals surface area contributed by atoms with Gasteiger partial charge in [-0.1, -0.05) is 6.92 Å². The van der Waals surface area contributed by atoms with Crippen LogP contribution in [-0.4, -0.2) is 60.4 Å². The zero-order chi connectivity index (χ0) is 20.2. The van der Waals surface area contributed by atoms with Gasteiger partial charge in [-0.25, -0.2) is 0 Å². The maximum absolute atomic E-state index is 12.7. The fraction of sp³-hybridized carbons (Fsp3) is 0.667. The van der Waals surface area contributed by atoms with Crippen LogP contribution in [0.25, 0.3) is 0 Å². The predicted molar refractivity (Wildman–Crippen MR) is 99.2 cm³/mol. The second kappa shape index (κ2) is 7.21. The first-order valence-electron chi connectivity index (χ1n) is 9.83. The number of esters is 1. The van der Waals surface area contributed by atoms with Crippen LogP contribution in [0.5, 0.6) is 11.5 Å². The third-order valence-corrected chi connectivity index (χ3v) is 7.16. The van der Waals surface area contributed by atoms with Crippen LogP contribution in [0, 0.1) is 17.8 Å². The molecular weight excluding hydrogens is 364 g/mol. The van der Waals surface area contributed by atoms with Gasteiger partial charge in [-0.05, 0) is 47.9 Å². The number of aliphatic hydroxyl groups is 1. The Labute approximate surface area is 164 Å². The number of ether oxygens (including phenoxy) is 3. The molecule has 1 aromatic rings. The van der Waals surface area contributed by atoms with Crippen molar-refractivity contribution in [2.75, 3.05) is 20.8 Å². The Morgan fingerprint density at radius 3 is 2.14 bits per heavy atom. The lowest BCUT2D eigenvalue weighted by Gasteiger charge is -2.46. The van der Waals surface area contributed by atoms with Gasteiger partial charge in [-0.15, -0.1) is 0 Å². The number of carbonyl (C=O) groups excluding carboxylic acids is 1. The monoisotopic (exact) mass is 392 g/mol. The van der Waals surface area contributed by atoms with Gasteiger partial charge in [0.15, 0.2) is 11.5 Å². The van der Waals surface area contributed by atoms with Crippen molar-refractivity contribution in [1.29, 1.82) is 0 Å². The maximum Gasteiger partial charge on any atom is 0.310 e. The first-order chi connectivity index (χ1) is 13.4. The SMILES string of the molecule is COC1CC(C2c3cc(O)c(O)cc3C(C)C3COC(=O)C32)CC(OC)C1O. The Morgan fingerprint density at radius 2 is 1.57 bits per heavy atom. The van der Waals surface area contributed by atoms with E-state index in [9.17, 15) is 20.1 Å². The number of carbonyl (C=O) groups is 1. The van der Waals surface area contributed by atoms with Crippen molar-refractivity contribution in [2.24, 2.45) is 17.8 Å². The topological polar surface area (TPSA) is 105 Å². The van der Waals surface area contributed by atoms with E-state index in [0.29, 0.717) is 19.4 Å². The van der Waals surface area contributed by atoms with Crippen LogP contribution in [-0.2, 0) is 19.0 Å². The highest BCUT2D eigenvalue weighted by Crippen LogP contribution is 2.56. The highest BCUT2D eigenvalue weighted by Gasteiger charge is 2.54. The lowest BCUT2D eigenvalue weighted by Crippen LogP contribution is -2.49. The van der Waals surface area contributed by atoms with E-state index in [2.05, 4.69) is 0 Å². The molecule has 154 valence electrons. The number of hydrogen-bond acceptors (Lipinski definition) is 7. The van der Waals surface area contributed by atoms with Crippen LogP contribution in [0.1, 0.15) is 42.7 Å². The Kier molecular flexibility index (Phi) is 5.02. The number of phenolic OH excluding ortho intramolecular Hbond substituents is 2. The highest BCUT2D eigenvalue weighted by atomic mass is 16.5. The molecule has 4 rings (SSSR count). The van der Waals surface area contributed by atoms with Crippen LogP contribution < -0.4 is 0 Å². The average Bonchev–Trinajstić information content (AvgIpc) is 3.06. The zero-order valence-corrected chi connectivity index (χ0v) is 16.4. The number of cyclic esters (lactones) is 1. The molecule has 7 nitrogen and oxygen atoms in total. The van der Waals surface area contributed by atoms with Crippen LogP contribution in [0.15, 0.2) is 12.1 Å². The first kappa shape index (κ1) is 19.5. The van der Waals surface area contributed by atoms with E-state index in [1.165, 1.54) is 0 Å². The molecule has 1 aromatic carbocycles. The van der Waals surface area contributed by atoms with Crippen molar-refractivity contribution in [3.8, 4) is 11.5 Å². The number of hydrogen-bond donors (Lipinski definition) is 3. The number of phenols is 2. The Bertz CT molecular complexity index is 749. The van der Waals surface area contributed by atoms with Crippen LogP contribution in [0.2, 0.25) is 0 Å². The minimum absolute atomic E-state index is 0.00615. The van der Waals surface area contributed by atoms with Crippen molar-refractivity contribution in [3.05, 3.63) is 23.3 Å². The molecule has 7 heteroatoms. The van der Waals surface area contributed by atoms with Crippen LogP contribution in [0.4, 0.5) is 0 Å². The molecule has 3 aliphatic rings. The first-order valence-corrected chi connectivity index (χ1v) is 9.83. The summed E-state index contributed by atoms with van der Waals surface area (Å²) in [5, 5.41) is 30.7. The summed E-state index contributed by atoms with van der Waals surface area (Å²) in [6.07, 6.45) is -0.364. The van der Waals surface area contributed by atoms with E-state index in [1.54, 1.807) is 26.4 Å². The number of aromatic hydroxyl groups is 2. The van der Waals surface area contributed by atoms with Gasteiger partial charge in [-0.2, -0.15) is 0 Å². The molecule has 0 amide bonds. The molecule has 0 spiro atoms. The lowest BCUT2D eigenvalue weighted by atomic mass is 9.59. The number of rotatable bonds is 3. The normalized spacial score (nSPS) is 39.9. The van der Waals surface area contributed by atoms with E-state index >= 15 is 0 Å². The van der Waals surface area contributed by atoms with Crippen LogP contribution in [0.3, 0.4) is 0 Å². The molecule has 3 N–H and O–H groups in total. The highest BCUT2D eigenvalue weighted by molar-refractivity contribution is 5.77. The summed E-state index contributed by atoms with van der Waals surface area (Å²) in [6.45, 7) is 2.39. The molecule has 1 heterocycles. The second-order valence-electron chi connectivity index (χ2n) is 8.37. The zero-order valence-electron chi connectivity index (χ0n) is 16.4. The molecule has 1 saturated heterocycles. The van der Waals surface area contributed by atoms with Gasteiger partial charge in [0.25, 0.3) is 0 Å². The number of fused-ring (bicyclic) bond motifs is 2. The van der Waals surface area contributed by atoms with Gasteiger partial charge < -0.3 is 29.5 Å². The smallest absolute Gasteiger partial charge is 0.310 e. The predicted octanol–water partition coefficient (Wildman–Crippen LogP) is 1.89. The van der Waals surface area contributed by atoms with Crippen molar-refractivity contribution >= 4 is 5.97 Å². The third-order valence-electron chi connectivity index (χ3n) is 7.16. The molecule has 1 aliphatic heterocycles. The molecule has 6 unspecified atom stereocenters. The summed E-state index contributed by atoms with van der Waals surface area (Å²) in [7, 11) is 3.13. The number of aliphatic hydroxyl groups excluding tert-OH is 1. The summed E-state index contributed by atoms with van der Waals surface area (Å²) in [5.74, 6) is -1.02. The van der Waals surface area contributed by atoms with E-state index in [0.717, 1.165) is 11.1 Å². The van der Waals surface area contributed by atoms with Gasteiger partial charge in [-0.3, -0.25) is 4.79 Å². The summed E-state index contributed by atoms with van der Waals surface area (Å²) in [5.41, 5.74) is 1.81. The fourth-order valence-electron chi connectivity index (χ4n) is 5.66. The third kappa shape index (κ3) is 2.88. The summed E-state index contributed by atoms with van der Waals surface area (Å²) < 4.78 is 16.5. The van der Waals surface area contributed by atoms with E-state index < -0.39 is 18.3 Å². The number of methoxy groups -OCH3 is 2. The van der Waals surface area contributed by atoms with E-state index in [1.807, 2.05) is 6.92 Å². The Hall–Kier alpha value is -1.83. The fourth-order valence-corrected chi connectivity index (χ4v) is 5.66. The van der Waals surface area contributed by atoms with E-state index in [-0.39, 0.29) is 47.1 Å². The Balaban J connectivity index is 1.81. The summed E-state index contributed by atoms with van der Waals surface area (Å²) in [4.78, 5) is 12.7. The molecule has 0 bridgehead atoms. The minimum atomic E-state index is -0.729. The Morgan fingerprint density at radius 1 is 1.00 bits per heavy atom. The molecule has 6 atom stereocenters. The molecule has 0 radical (unpaired) electrons. The number of benzene rings is 1. The van der Waals surface area contributed by atoms with Gasteiger partial charge in [0.05, 0.1) is 24.7 Å². The standard InChI is InChI=1S/C21H28O7/c1-9-11-6-14(22)15(23)7-12(11)18(19-13(9)8-28-21(19)25)10-4-16(26-2)20(24)17(5-10)27-3/h6-7,9-10,13,16-20,22-24H,4-5,8H2,1-3H3. The van der Waals surface area contributed by atoms with Crippen molar-refractivity contribution in [1.82, 2.24) is 0 Å². The molecule has 2 fully saturated rings. The van der Waals surface area contributed by atoms with Gasteiger partial charge in [0, 0.05) is 26.1 Å². The van der Waals surface area contributed by atoms with Crippen molar-refractivity contribution < 1.29 is 34.3 Å². The lowest BCUT2D eigenvalue weighted by molar-refractivity contribution is -0.146. The van der Waals surface area contributed by atoms with Crippen LogP contribution >= 0.6 is 0 Å². The quantitative estimate of drug-likeness (QED) is 0.533. The molecule has 28 heavy (non-hydrogen) atoms. The van der Waals surface area contributed by atoms with E-state index in [4.69, 9.17) is 14.2 Å². The van der Waals surface area contributed by atoms with Crippen molar-refractivity contribution in [2.45, 2.75) is 49.9 Å². The van der Waals surface area contributed by atoms with Gasteiger partial charge in [0.1, 0.15) is 6.10 Å². The second-order valence-corrected chi connectivity index (χ2v) is 8.37. The molecule has 1 saturated carbocycles. The summed E-state index contributed by atoms with van der Waals surface area (Å²) >= 11 is 0. The molecule has 0 aromatic heterocycles. The summed E-state index contributed by atoms with van der Waals surface area (Å²) in [6, 6.07) is 3.20. The van der Waals surface area contributed by atoms with Gasteiger partial charge in [0.2, 0.25) is 0 Å². The average molecular weight is 392 g/mol. The minimum Gasteiger partial charge on any atom is -0.504 e.